The van der Waals surface area contributed by atoms with Crippen LogP contribution in [0.2, 0.25) is 0 Å². The van der Waals surface area contributed by atoms with Crippen molar-refractivity contribution in [2.75, 3.05) is 46.6 Å². The van der Waals surface area contributed by atoms with Crippen LogP contribution in [0.4, 0.5) is 22.9 Å². The first kappa shape index (κ1) is 26.1. The zero-order valence-corrected chi connectivity index (χ0v) is 24.9. The predicted molar refractivity (Wildman–Crippen MR) is 180 cm³/mol. The molecule has 1 unspecified atom stereocenters. The quantitative estimate of drug-likeness (QED) is 0.212. The molecule has 0 bridgehead atoms. The summed E-state index contributed by atoms with van der Waals surface area (Å²) < 4.78 is 2.17. The molecule has 3 N–H and O–H groups in total. The SMILES string of the molecule is O=C1Nc2ccc(NC3CC3)cc2-c2nc3cc(N4CCN(c5ccccn5)CC4)ccc3n2C1Cc1c[nH]c2ccccc12. The minimum absolute atomic E-state index is 0.0304. The molecule has 2 fully saturated rings. The number of carbonyl (C=O) groups excluding carboxylic acids is 1. The molecule has 9 rings (SSSR count). The molecule has 3 aromatic heterocycles. The summed E-state index contributed by atoms with van der Waals surface area (Å²) in [6.07, 6.45) is 6.82. The number of aromatic amines is 1. The van der Waals surface area contributed by atoms with Gasteiger partial charge in [-0.15, -0.1) is 0 Å². The normalized spacial score (nSPS) is 18.0. The molecule has 224 valence electrons. The molecule has 45 heavy (non-hydrogen) atoms. The predicted octanol–water partition coefficient (Wildman–Crippen LogP) is 6.22. The molecule has 1 atom stereocenters. The summed E-state index contributed by atoms with van der Waals surface area (Å²) in [5, 5.41) is 8.02. The molecule has 0 spiro atoms. The fraction of sp³-hybridized carbons (Fsp3) is 0.250. The largest absolute Gasteiger partial charge is 0.382 e. The van der Waals surface area contributed by atoms with E-state index in [4.69, 9.17) is 4.98 Å². The average molecular weight is 595 g/mol. The van der Waals surface area contributed by atoms with Gasteiger partial charge in [0.15, 0.2) is 0 Å². The number of carbonyl (C=O) groups is 1. The second-order valence-electron chi connectivity index (χ2n) is 12.4. The van der Waals surface area contributed by atoms with Gasteiger partial charge in [-0.05, 0) is 73.0 Å². The van der Waals surface area contributed by atoms with E-state index in [2.05, 4.69) is 83.5 Å². The maximum Gasteiger partial charge on any atom is 0.247 e. The first-order chi connectivity index (χ1) is 22.2. The van der Waals surface area contributed by atoms with Gasteiger partial charge in [-0.2, -0.15) is 0 Å². The highest BCUT2D eigenvalue weighted by atomic mass is 16.2. The summed E-state index contributed by atoms with van der Waals surface area (Å²) in [5.41, 5.74) is 8.01. The zero-order valence-electron chi connectivity index (χ0n) is 24.9. The van der Waals surface area contributed by atoms with Crippen LogP contribution in [0.25, 0.3) is 33.3 Å². The molecule has 6 aromatic rings. The van der Waals surface area contributed by atoms with Crippen LogP contribution in [-0.4, -0.2) is 57.6 Å². The van der Waals surface area contributed by atoms with E-state index < -0.39 is 6.04 Å². The van der Waals surface area contributed by atoms with Gasteiger partial charge < -0.3 is 30.0 Å². The highest BCUT2D eigenvalue weighted by Crippen LogP contribution is 2.41. The Bertz CT molecular complexity index is 2050. The molecule has 0 radical (unpaired) electrons. The van der Waals surface area contributed by atoms with E-state index in [1.54, 1.807) is 0 Å². The highest BCUT2D eigenvalue weighted by molar-refractivity contribution is 6.02. The van der Waals surface area contributed by atoms with E-state index in [-0.39, 0.29) is 5.91 Å². The number of benzene rings is 3. The number of piperazine rings is 1. The Morgan fingerprint density at radius 3 is 2.58 bits per heavy atom. The number of H-pyrrole nitrogens is 1. The lowest BCUT2D eigenvalue weighted by molar-refractivity contribution is -0.119. The third-order valence-corrected chi connectivity index (χ3v) is 9.46. The second kappa shape index (κ2) is 10.4. The van der Waals surface area contributed by atoms with Gasteiger partial charge in [0.25, 0.3) is 0 Å². The Morgan fingerprint density at radius 2 is 1.73 bits per heavy atom. The van der Waals surface area contributed by atoms with Crippen molar-refractivity contribution in [3.63, 3.8) is 0 Å². The molecule has 9 nitrogen and oxygen atoms in total. The topological polar surface area (TPSA) is 94.1 Å². The summed E-state index contributed by atoms with van der Waals surface area (Å²) in [4.78, 5) is 32.0. The summed E-state index contributed by atoms with van der Waals surface area (Å²) >= 11 is 0. The summed E-state index contributed by atoms with van der Waals surface area (Å²) in [6, 6.07) is 27.2. The highest BCUT2D eigenvalue weighted by Gasteiger charge is 2.33. The van der Waals surface area contributed by atoms with Gasteiger partial charge in [0.1, 0.15) is 17.7 Å². The van der Waals surface area contributed by atoms with Gasteiger partial charge in [-0.1, -0.05) is 24.3 Å². The van der Waals surface area contributed by atoms with Gasteiger partial charge >= 0.3 is 0 Å². The second-order valence-corrected chi connectivity index (χ2v) is 12.4. The maximum absolute atomic E-state index is 14.1. The van der Waals surface area contributed by atoms with Gasteiger partial charge in [0.2, 0.25) is 5.91 Å². The number of para-hydroxylation sites is 1. The summed E-state index contributed by atoms with van der Waals surface area (Å²) in [6.45, 7) is 3.62. The number of anilines is 4. The Kier molecular flexibility index (Phi) is 6.04. The number of fused-ring (bicyclic) bond motifs is 6. The van der Waals surface area contributed by atoms with Crippen molar-refractivity contribution in [3.8, 4) is 11.4 Å². The molecular formula is C36H34N8O. The minimum Gasteiger partial charge on any atom is -0.382 e. The van der Waals surface area contributed by atoms with E-state index in [9.17, 15) is 4.79 Å². The van der Waals surface area contributed by atoms with Gasteiger partial charge in [-0.3, -0.25) is 4.79 Å². The van der Waals surface area contributed by atoms with E-state index in [1.807, 2.05) is 42.7 Å². The summed E-state index contributed by atoms with van der Waals surface area (Å²) in [7, 11) is 0. The average Bonchev–Trinajstić information content (AvgIpc) is 3.71. The first-order valence-electron chi connectivity index (χ1n) is 15.9. The lowest BCUT2D eigenvalue weighted by Gasteiger charge is -2.36. The fourth-order valence-corrected chi connectivity index (χ4v) is 6.94. The number of hydrogen-bond donors (Lipinski definition) is 3. The molecule has 3 aromatic carbocycles. The smallest absolute Gasteiger partial charge is 0.247 e. The third-order valence-electron chi connectivity index (χ3n) is 9.46. The lowest BCUT2D eigenvalue weighted by atomic mass is 10.0. The van der Waals surface area contributed by atoms with Crippen LogP contribution >= 0.6 is 0 Å². The molecule has 1 saturated carbocycles. The number of aromatic nitrogens is 4. The number of amides is 1. The number of pyridine rings is 1. The van der Waals surface area contributed by atoms with Gasteiger partial charge in [-0.25, -0.2) is 9.97 Å². The van der Waals surface area contributed by atoms with Crippen LogP contribution < -0.4 is 20.4 Å². The fourth-order valence-electron chi connectivity index (χ4n) is 6.94. The summed E-state index contributed by atoms with van der Waals surface area (Å²) in [5.74, 6) is 1.82. The van der Waals surface area contributed by atoms with Crippen LogP contribution in [0.1, 0.15) is 24.4 Å². The Labute approximate surface area is 260 Å². The van der Waals surface area contributed by atoms with Crippen molar-refractivity contribution in [1.29, 1.82) is 0 Å². The molecule has 1 amide bonds. The standard InChI is InChI=1S/C36H34N8O/c45-36-33(19-23-22-38-29-6-2-1-5-27(23)29)44-32-13-11-26(42-15-17-43(18-16-42)34-7-3-4-14-37-34)21-31(32)40-35(44)28-20-25(39-24-8-9-24)10-12-30(28)41-36/h1-7,10-14,20-22,24,33,38-39H,8-9,15-19H2,(H,41,45). The molecule has 5 heterocycles. The van der Waals surface area contributed by atoms with Crippen molar-refractivity contribution < 1.29 is 4.79 Å². The molecule has 3 aliphatic rings. The van der Waals surface area contributed by atoms with E-state index in [0.717, 1.165) is 87.9 Å². The van der Waals surface area contributed by atoms with Gasteiger partial charge in [0.05, 0.1) is 16.7 Å². The lowest BCUT2D eigenvalue weighted by Crippen LogP contribution is -2.46. The van der Waals surface area contributed by atoms with Crippen LogP contribution in [0.5, 0.6) is 0 Å². The van der Waals surface area contributed by atoms with E-state index in [0.29, 0.717) is 12.5 Å². The van der Waals surface area contributed by atoms with E-state index in [1.165, 1.54) is 12.8 Å². The van der Waals surface area contributed by atoms with Crippen molar-refractivity contribution in [2.45, 2.75) is 31.3 Å². The van der Waals surface area contributed by atoms with Crippen molar-refractivity contribution in [1.82, 2.24) is 19.5 Å². The Hall–Kier alpha value is -5.31. The molecule has 2 aliphatic heterocycles. The van der Waals surface area contributed by atoms with Crippen LogP contribution in [0, 0.1) is 0 Å². The Morgan fingerprint density at radius 1 is 0.889 bits per heavy atom. The number of hydrogen-bond acceptors (Lipinski definition) is 6. The molecule has 1 saturated heterocycles. The molecule has 9 heteroatoms. The monoisotopic (exact) mass is 594 g/mol. The van der Waals surface area contributed by atoms with Crippen LogP contribution in [-0.2, 0) is 11.2 Å². The maximum atomic E-state index is 14.1. The van der Waals surface area contributed by atoms with Crippen molar-refractivity contribution >= 4 is 50.7 Å². The first-order valence-corrected chi connectivity index (χ1v) is 15.9. The number of rotatable bonds is 6. The number of nitrogens with zero attached hydrogens (tertiary/aromatic N) is 5. The molecular weight excluding hydrogens is 560 g/mol. The van der Waals surface area contributed by atoms with Crippen LogP contribution in [0.15, 0.2) is 91.3 Å². The third kappa shape index (κ3) is 4.66. The number of imidazole rings is 1. The molecule has 1 aliphatic carbocycles. The van der Waals surface area contributed by atoms with Crippen molar-refractivity contribution in [3.05, 3.63) is 96.8 Å². The Balaban J connectivity index is 1.11. The van der Waals surface area contributed by atoms with Crippen molar-refractivity contribution in [2.24, 2.45) is 0 Å². The van der Waals surface area contributed by atoms with Gasteiger partial charge in [0, 0.05) is 78.9 Å². The number of nitrogens with one attached hydrogen (secondary N) is 3. The minimum atomic E-state index is -0.468. The van der Waals surface area contributed by atoms with Crippen LogP contribution in [0.3, 0.4) is 0 Å². The zero-order chi connectivity index (χ0) is 29.9. The van der Waals surface area contributed by atoms with E-state index >= 15 is 0 Å².